The lowest BCUT2D eigenvalue weighted by molar-refractivity contribution is 0.112. The number of nitrogens with one attached hydrogen (secondary N) is 1. The van der Waals surface area contributed by atoms with E-state index in [2.05, 4.69) is 35.6 Å². The highest BCUT2D eigenvalue weighted by molar-refractivity contribution is 5.79. The Hall–Kier alpha value is -2.21. The third kappa shape index (κ3) is 9.53. The molecule has 0 aliphatic carbocycles. The Morgan fingerprint density at radius 1 is 0.933 bits per heavy atom. The lowest BCUT2D eigenvalue weighted by Gasteiger charge is -2.13. The third-order valence-corrected chi connectivity index (χ3v) is 5.14. The summed E-state index contributed by atoms with van der Waals surface area (Å²) >= 11 is 0. The van der Waals surface area contributed by atoms with E-state index in [9.17, 15) is 15.0 Å². The van der Waals surface area contributed by atoms with Crippen molar-refractivity contribution in [2.24, 2.45) is 0 Å². The molecule has 0 bridgehead atoms. The van der Waals surface area contributed by atoms with Crippen LogP contribution in [0.2, 0.25) is 0 Å². The lowest BCUT2D eigenvalue weighted by atomic mass is 10.1. The number of phenols is 1. The van der Waals surface area contributed by atoms with Crippen molar-refractivity contribution >= 4 is 6.29 Å². The van der Waals surface area contributed by atoms with Crippen LogP contribution in [0.5, 0.6) is 5.75 Å². The maximum Gasteiger partial charge on any atom is 0.153 e. The quantitative estimate of drug-likeness (QED) is 0.280. The van der Waals surface area contributed by atoms with Crippen LogP contribution in [0.4, 0.5) is 0 Å². The molecule has 0 spiro atoms. The number of hydrogen-bond donors (Lipinski definition) is 3. The van der Waals surface area contributed by atoms with Gasteiger partial charge in [-0.05, 0) is 61.9 Å². The number of aliphatic hydroxyl groups is 1. The maximum absolute atomic E-state index is 10.9. The standard InChI is InChI=1S/C25H35NO4/c27-20-23-18-22(13-14-24(23)28)25(29)19-26-15-7-1-2-8-16-30-17-9-6-12-21-10-4-3-5-11-21/h3-5,10-11,13-14,18,20,25-26,28-29H,1-2,6-9,12,15-17,19H2. The molecule has 0 saturated carbocycles. The van der Waals surface area contributed by atoms with E-state index in [1.807, 2.05) is 0 Å². The predicted molar refractivity (Wildman–Crippen MR) is 120 cm³/mol. The monoisotopic (exact) mass is 413 g/mol. The van der Waals surface area contributed by atoms with Crippen LogP contribution in [0.1, 0.15) is 66.1 Å². The zero-order valence-electron chi connectivity index (χ0n) is 17.8. The summed E-state index contributed by atoms with van der Waals surface area (Å²) in [6, 6.07) is 15.2. The van der Waals surface area contributed by atoms with Crippen LogP contribution >= 0.6 is 0 Å². The molecule has 1 atom stereocenters. The van der Waals surface area contributed by atoms with Crippen LogP contribution in [-0.2, 0) is 11.2 Å². The molecule has 0 saturated heterocycles. The number of phenolic OH excluding ortho intramolecular Hbond substituents is 1. The van der Waals surface area contributed by atoms with Gasteiger partial charge in [0.2, 0.25) is 0 Å². The van der Waals surface area contributed by atoms with Gasteiger partial charge in [0.25, 0.3) is 0 Å². The van der Waals surface area contributed by atoms with Crippen molar-refractivity contribution in [1.82, 2.24) is 5.32 Å². The number of rotatable bonds is 16. The Bertz CT molecular complexity index is 720. The molecule has 2 aromatic rings. The number of benzene rings is 2. The fraction of sp³-hybridized carbons (Fsp3) is 0.480. The normalized spacial score (nSPS) is 12.0. The minimum atomic E-state index is -0.695. The van der Waals surface area contributed by atoms with Gasteiger partial charge in [0.15, 0.2) is 6.29 Å². The molecule has 164 valence electrons. The molecule has 3 N–H and O–H groups in total. The molecule has 0 radical (unpaired) electrons. The Labute approximate surface area is 180 Å². The van der Waals surface area contributed by atoms with E-state index in [0.29, 0.717) is 18.4 Å². The smallest absolute Gasteiger partial charge is 0.153 e. The van der Waals surface area contributed by atoms with E-state index in [1.54, 1.807) is 6.07 Å². The number of carbonyl (C=O) groups is 1. The molecule has 0 amide bonds. The van der Waals surface area contributed by atoms with E-state index in [-0.39, 0.29) is 11.3 Å². The van der Waals surface area contributed by atoms with E-state index in [0.717, 1.165) is 58.3 Å². The highest BCUT2D eigenvalue weighted by atomic mass is 16.5. The van der Waals surface area contributed by atoms with E-state index in [4.69, 9.17) is 4.74 Å². The van der Waals surface area contributed by atoms with Crippen LogP contribution < -0.4 is 5.32 Å². The second-order valence-electron chi connectivity index (χ2n) is 7.63. The van der Waals surface area contributed by atoms with Crippen molar-refractivity contribution < 1.29 is 19.7 Å². The number of ether oxygens (including phenoxy) is 1. The van der Waals surface area contributed by atoms with Crippen LogP contribution in [0.3, 0.4) is 0 Å². The summed E-state index contributed by atoms with van der Waals surface area (Å²) in [6.45, 7) is 2.94. The summed E-state index contributed by atoms with van der Waals surface area (Å²) in [5.41, 5.74) is 2.22. The van der Waals surface area contributed by atoms with Crippen molar-refractivity contribution in [2.45, 2.75) is 51.0 Å². The van der Waals surface area contributed by atoms with Gasteiger partial charge in [0.1, 0.15) is 5.75 Å². The molecule has 0 aromatic heterocycles. The van der Waals surface area contributed by atoms with Gasteiger partial charge in [-0.15, -0.1) is 0 Å². The summed E-state index contributed by atoms with van der Waals surface area (Å²) < 4.78 is 5.72. The van der Waals surface area contributed by atoms with E-state index >= 15 is 0 Å². The molecule has 5 heteroatoms. The average molecular weight is 414 g/mol. The molecular weight excluding hydrogens is 378 g/mol. The second-order valence-corrected chi connectivity index (χ2v) is 7.63. The van der Waals surface area contributed by atoms with Crippen molar-refractivity contribution in [3.63, 3.8) is 0 Å². The highest BCUT2D eigenvalue weighted by Crippen LogP contribution is 2.20. The average Bonchev–Trinajstić information content (AvgIpc) is 2.77. The van der Waals surface area contributed by atoms with Gasteiger partial charge in [0.05, 0.1) is 11.7 Å². The molecule has 1 unspecified atom stereocenters. The number of carbonyl (C=O) groups excluding carboxylic acids is 1. The number of aryl methyl sites for hydroxylation is 1. The topological polar surface area (TPSA) is 78.8 Å². The van der Waals surface area contributed by atoms with Crippen LogP contribution in [0.25, 0.3) is 0 Å². The summed E-state index contributed by atoms with van der Waals surface area (Å²) in [5, 5.41) is 22.9. The molecule has 0 aliphatic rings. The predicted octanol–water partition coefficient (Wildman–Crippen LogP) is 4.43. The molecule has 2 rings (SSSR count). The minimum absolute atomic E-state index is 0.0647. The molecule has 30 heavy (non-hydrogen) atoms. The Morgan fingerprint density at radius 2 is 1.67 bits per heavy atom. The summed E-state index contributed by atoms with van der Waals surface area (Å²) in [6.07, 6.45) is 7.72. The first kappa shape index (κ1) is 24.1. The highest BCUT2D eigenvalue weighted by Gasteiger charge is 2.09. The van der Waals surface area contributed by atoms with Crippen molar-refractivity contribution in [2.75, 3.05) is 26.3 Å². The van der Waals surface area contributed by atoms with Crippen molar-refractivity contribution in [1.29, 1.82) is 0 Å². The fourth-order valence-electron chi connectivity index (χ4n) is 3.32. The van der Waals surface area contributed by atoms with Crippen LogP contribution in [-0.4, -0.2) is 42.8 Å². The molecule has 0 aliphatic heterocycles. The number of aromatic hydroxyl groups is 1. The van der Waals surface area contributed by atoms with E-state index < -0.39 is 6.10 Å². The van der Waals surface area contributed by atoms with Gasteiger partial charge in [-0.1, -0.05) is 49.2 Å². The zero-order chi connectivity index (χ0) is 21.4. The Morgan fingerprint density at radius 3 is 2.43 bits per heavy atom. The van der Waals surface area contributed by atoms with Gasteiger partial charge >= 0.3 is 0 Å². The van der Waals surface area contributed by atoms with Crippen LogP contribution in [0.15, 0.2) is 48.5 Å². The van der Waals surface area contributed by atoms with Gasteiger partial charge in [-0.3, -0.25) is 4.79 Å². The SMILES string of the molecule is O=Cc1cc(C(O)CNCCCCCCOCCCCc2ccccc2)ccc1O. The van der Waals surface area contributed by atoms with Gasteiger partial charge in [0, 0.05) is 19.8 Å². The summed E-state index contributed by atoms with van der Waals surface area (Å²) in [4.78, 5) is 10.9. The first-order valence-corrected chi connectivity index (χ1v) is 11.0. The van der Waals surface area contributed by atoms with Gasteiger partial charge in [-0.2, -0.15) is 0 Å². The molecular formula is C25H35NO4. The van der Waals surface area contributed by atoms with Crippen LogP contribution in [0, 0.1) is 0 Å². The van der Waals surface area contributed by atoms with E-state index in [1.165, 1.54) is 24.1 Å². The summed E-state index contributed by atoms with van der Waals surface area (Å²) in [7, 11) is 0. The van der Waals surface area contributed by atoms with Gasteiger partial charge < -0.3 is 20.3 Å². The first-order chi connectivity index (χ1) is 14.7. The third-order valence-electron chi connectivity index (χ3n) is 5.14. The second kappa shape index (κ2) is 14.7. The number of aliphatic hydroxyl groups excluding tert-OH is 1. The lowest BCUT2D eigenvalue weighted by Crippen LogP contribution is -2.22. The Kier molecular flexibility index (Phi) is 11.8. The molecule has 5 nitrogen and oxygen atoms in total. The zero-order valence-corrected chi connectivity index (χ0v) is 17.8. The largest absolute Gasteiger partial charge is 0.507 e. The molecule has 0 heterocycles. The molecule has 0 fully saturated rings. The number of hydrogen-bond acceptors (Lipinski definition) is 5. The maximum atomic E-state index is 10.9. The van der Waals surface area contributed by atoms with Crippen molar-refractivity contribution in [3.05, 3.63) is 65.2 Å². The van der Waals surface area contributed by atoms with Gasteiger partial charge in [-0.25, -0.2) is 0 Å². The Balaban J connectivity index is 1.39. The fourth-order valence-corrected chi connectivity index (χ4v) is 3.32. The molecule has 2 aromatic carbocycles. The number of unbranched alkanes of at least 4 members (excludes halogenated alkanes) is 4. The minimum Gasteiger partial charge on any atom is -0.507 e. The van der Waals surface area contributed by atoms with Crippen molar-refractivity contribution in [3.8, 4) is 5.75 Å². The number of aldehydes is 1. The summed E-state index contributed by atoms with van der Waals surface area (Å²) in [5.74, 6) is -0.0647. The first-order valence-electron chi connectivity index (χ1n) is 11.0.